The summed E-state index contributed by atoms with van der Waals surface area (Å²) < 4.78 is 34.1. The molecule has 0 bridgehead atoms. The molecule has 0 unspecified atom stereocenters. The van der Waals surface area contributed by atoms with E-state index in [2.05, 4.69) is 63.4 Å². The minimum atomic E-state index is -3.60. The summed E-state index contributed by atoms with van der Waals surface area (Å²) in [5.74, 6) is 0.768. The van der Waals surface area contributed by atoms with E-state index in [1.807, 2.05) is 24.3 Å². The van der Waals surface area contributed by atoms with Crippen LogP contribution >= 0.6 is 11.9 Å². The van der Waals surface area contributed by atoms with Crippen LogP contribution in [0.15, 0.2) is 53.4 Å². The normalized spacial score (nSPS) is 21.3. The summed E-state index contributed by atoms with van der Waals surface area (Å²) >= 11 is 1.80. The average molecular weight is 668 g/mol. The van der Waals surface area contributed by atoms with E-state index in [1.54, 1.807) is 20.6 Å². The van der Waals surface area contributed by atoms with Crippen molar-refractivity contribution in [1.82, 2.24) is 17.8 Å². The first-order valence-electron chi connectivity index (χ1n) is 17.3. The summed E-state index contributed by atoms with van der Waals surface area (Å²) in [7, 11) is 0.519. The molecule has 2 aromatic rings. The van der Waals surface area contributed by atoms with E-state index in [-0.39, 0.29) is 0 Å². The van der Waals surface area contributed by atoms with Crippen LogP contribution in [0.4, 0.5) is 11.4 Å². The van der Waals surface area contributed by atoms with Crippen LogP contribution in [0.3, 0.4) is 0 Å². The number of hydrogen-bond donors (Lipinski definition) is 0. The molecule has 0 atom stereocenters. The van der Waals surface area contributed by atoms with Gasteiger partial charge < -0.3 is 14.7 Å². The van der Waals surface area contributed by atoms with E-state index >= 15 is 0 Å². The van der Waals surface area contributed by atoms with Gasteiger partial charge in [0.25, 0.3) is 10.2 Å². The minimum absolute atomic E-state index is 0.428. The number of hydrogen-bond acceptors (Lipinski definition) is 8. The van der Waals surface area contributed by atoms with Gasteiger partial charge in [-0.15, -0.1) is 0 Å². The lowest BCUT2D eigenvalue weighted by Crippen LogP contribution is -2.54. The molecular formula is C35H53N7O2S2. The van der Waals surface area contributed by atoms with Crippen LogP contribution < -0.4 is 9.80 Å². The van der Waals surface area contributed by atoms with Gasteiger partial charge in [-0.25, -0.2) is 4.31 Å². The molecule has 0 radical (unpaired) electrons. The van der Waals surface area contributed by atoms with Crippen molar-refractivity contribution in [2.75, 3.05) is 95.9 Å². The fraction of sp³-hybridized carbons (Fsp3) is 0.629. The third-order valence-electron chi connectivity index (χ3n) is 9.66. The van der Waals surface area contributed by atoms with Gasteiger partial charge in [0.1, 0.15) is 6.07 Å². The van der Waals surface area contributed by atoms with Crippen molar-refractivity contribution in [3.05, 3.63) is 54.1 Å². The predicted octanol–water partition coefficient (Wildman–Crippen LogP) is 5.37. The SMILES string of the molecule is CN(C)c1ccc(SN2CCCN(CC3CCCCC3)CCCN(S(=O)(=O)N3CCN(c4ccccc4C#N)CC3)CCC2)cc1. The predicted molar refractivity (Wildman–Crippen MR) is 191 cm³/mol. The third-order valence-corrected chi connectivity index (χ3v) is 12.8. The molecule has 1 saturated carbocycles. The second-order valence-electron chi connectivity index (χ2n) is 13.2. The first kappa shape index (κ1) is 35.0. The highest BCUT2D eigenvalue weighted by Crippen LogP contribution is 2.28. The number of anilines is 2. The topological polar surface area (TPSA) is 77.4 Å². The summed E-state index contributed by atoms with van der Waals surface area (Å²) in [6, 6.07) is 18.6. The zero-order chi connectivity index (χ0) is 32.4. The standard InChI is InChI=1S/C35H53N7O2S2/c1-37(2)33-15-17-34(18-16-33)45-40-21-8-19-38(30-31-11-4-3-5-12-31)20-9-23-41(24-10-22-40)46(43,44)42-27-25-39(26-28-42)35-14-7-6-13-32(35)29-36/h6-7,13-18,31H,3-5,8-12,19-28,30H2,1-2H3. The highest BCUT2D eigenvalue weighted by molar-refractivity contribution is 7.97. The number of piperazine rings is 1. The Morgan fingerprint density at radius 3 is 2.02 bits per heavy atom. The number of rotatable bonds is 8. The number of benzene rings is 2. The number of para-hydroxylation sites is 1. The van der Waals surface area contributed by atoms with Gasteiger partial charge in [0.15, 0.2) is 0 Å². The Bertz CT molecular complexity index is 1370. The number of nitrogens with zero attached hydrogens (tertiary/aromatic N) is 7. The average Bonchev–Trinajstić information content (AvgIpc) is 3.07. The van der Waals surface area contributed by atoms with Crippen molar-refractivity contribution in [3.8, 4) is 6.07 Å². The Kier molecular flexibility index (Phi) is 13.1. The summed E-state index contributed by atoms with van der Waals surface area (Å²) in [5.41, 5.74) is 2.71. The Labute approximate surface area is 282 Å². The molecule has 3 aliphatic rings. The molecule has 2 aliphatic heterocycles. The van der Waals surface area contributed by atoms with Gasteiger partial charge in [-0.05, 0) is 99.5 Å². The van der Waals surface area contributed by atoms with Gasteiger partial charge in [-0.1, -0.05) is 31.4 Å². The summed E-state index contributed by atoms with van der Waals surface area (Å²) in [4.78, 5) is 8.11. The molecule has 1 aliphatic carbocycles. The quantitative estimate of drug-likeness (QED) is 0.348. The van der Waals surface area contributed by atoms with E-state index in [1.165, 1.54) is 42.7 Å². The fourth-order valence-corrected chi connectivity index (χ4v) is 9.73. The van der Waals surface area contributed by atoms with Crippen molar-refractivity contribution >= 4 is 33.5 Å². The molecule has 0 amide bonds. The van der Waals surface area contributed by atoms with Crippen LogP contribution in [0.1, 0.15) is 56.9 Å². The van der Waals surface area contributed by atoms with Crippen molar-refractivity contribution in [3.63, 3.8) is 0 Å². The number of nitriles is 1. The van der Waals surface area contributed by atoms with Crippen LogP contribution in [0.5, 0.6) is 0 Å². The molecule has 3 fully saturated rings. The molecular weight excluding hydrogens is 615 g/mol. The molecule has 2 saturated heterocycles. The van der Waals surface area contributed by atoms with Crippen LogP contribution in [0.2, 0.25) is 0 Å². The lowest BCUT2D eigenvalue weighted by atomic mass is 9.89. The molecule has 46 heavy (non-hydrogen) atoms. The van der Waals surface area contributed by atoms with E-state index in [0.717, 1.165) is 63.6 Å². The van der Waals surface area contributed by atoms with Crippen LogP contribution in [-0.4, -0.2) is 112 Å². The maximum absolute atomic E-state index is 14.1. The fourth-order valence-electron chi connectivity index (χ4n) is 7.06. The summed E-state index contributed by atoms with van der Waals surface area (Å²) in [6.45, 7) is 8.07. The minimum Gasteiger partial charge on any atom is -0.378 e. The van der Waals surface area contributed by atoms with Gasteiger partial charge in [0.05, 0.1) is 11.3 Å². The highest BCUT2D eigenvalue weighted by Gasteiger charge is 2.33. The third kappa shape index (κ3) is 9.61. The van der Waals surface area contributed by atoms with Crippen molar-refractivity contribution in [1.29, 1.82) is 5.26 Å². The molecule has 9 nitrogen and oxygen atoms in total. The van der Waals surface area contributed by atoms with Crippen LogP contribution in [0.25, 0.3) is 0 Å². The maximum Gasteiger partial charge on any atom is 0.282 e. The molecule has 0 aromatic heterocycles. The molecule has 5 rings (SSSR count). The van der Waals surface area contributed by atoms with Crippen molar-refractivity contribution < 1.29 is 8.42 Å². The van der Waals surface area contributed by atoms with E-state index in [4.69, 9.17) is 0 Å². The molecule has 2 aromatic carbocycles. The van der Waals surface area contributed by atoms with Crippen molar-refractivity contribution in [2.24, 2.45) is 5.92 Å². The Morgan fingerprint density at radius 1 is 0.761 bits per heavy atom. The zero-order valence-corrected chi connectivity index (χ0v) is 29.5. The van der Waals surface area contributed by atoms with E-state index in [9.17, 15) is 13.7 Å². The zero-order valence-electron chi connectivity index (χ0n) is 27.9. The monoisotopic (exact) mass is 667 g/mol. The van der Waals surface area contributed by atoms with Crippen LogP contribution in [0, 0.1) is 17.2 Å². The molecule has 11 heteroatoms. The first-order valence-corrected chi connectivity index (χ1v) is 19.4. The Balaban J connectivity index is 1.26. The van der Waals surface area contributed by atoms with E-state index in [0.29, 0.717) is 44.8 Å². The van der Waals surface area contributed by atoms with Gasteiger partial charge in [0.2, 0.25) is 0 Å². The smallest absolute Gasteiger partial charge is 0.282 e. The first-order chi connectivity index (χ1) is 22.3. The van der Waals surface area contributed by atoms with Gasteiger partial charge in [-0.2, -0.15) is 22.3 Å². The van der Waals surface area contributed by atoms with Crippen molar-refractivity contribution in [2.45, 2.75) is 56.3 Å². The maximum atomic E-state index is 14.1. The summed E-state index contributed by atoms with van der Waals surface area (Å²) in [5, 5.41) is 9.57. The van der Waals surface area contributed by atoms with E-state index < -0.39 is 10.2 Å². The lowest BCUT2D eigenvalue weighted by molar-refractivity contribution is 0.185. The second kappa shape index (κ2) is 17.2. The Morgan fingerprint density at radius 2 is 1.37 bits per heavy atom. The van der Waals surface area contributed by atoms with Gasteiger partial charge >= 0.3 is 0 Å². The molecule has 0 spiro atoms. The highest BCUT2D eigenvalue weighted by atomic mass is 32.2. The molecule has 252 valence electrons. The summed E-state index contributed by atoms with van der Waals surface area (Å²) in [6.07, 6.45) is 9.48. The van der Waals surface area contributed by atoms with Gasteiger partial charge in [0, 0.05) is 83.6 Å². The largest absolute Gasteiger partial charge is 0.378 e. The molecule has 2 heterocycles. The second-order valence-corrected chi connectivity index (χ2v) is 16.3. The Hall–Kier alpha value is -2.33. The van der Waals surface area contributed by atoms with Gasteiger partial charge in [-0.3, -0.25) is 0 Å². The van der Waals surface area contributed by atoms with Crippen LogP contribution in [-0.2, 0) is 10.2 Å². The lowest BCUT2D eigenvalue weighted by Gasteiger charge is -2.38. The molecule has 0 N–H and O–H groups in total.